The van der Waals surface area contributed by atoms with Crippen LogP contribution in [-0.2, 0) is 0 Å². The number of hydrogen-bond donors (Lipinski definition) is 1. The number of nitrogens with one attached hydrogen (secondary N) is 1. The molecule has 10 heteroatoms. The van der Waals surface area contributed by atoms with Gasteiger partial charge in [0.1, 0.15) is 11.5 Å². The molecule has 1 saturated heterocycles. The lowest BCUT2D eigenvalue weighted by Gasteiger charge is -2.32. The van der Waals surface area contributed by atoms with E-state index in [0.29, 0.717) is 24.4 Å². The van der Waals surface area contributed by atoms with Gasteiger partial charge < -0.3 is 10.2 Å². The Bertz CT molecular complexity index is 1120. The molecule has 1 amide bonds. The maximum absolute atomic E-state index is 12.5. The molecule has 5 heterocycles. The Morgan fingerprint density at radius 3 is 2.79 bits per heavy atom. The molecule has 0 atom stereocenters. The Balaban J connectivity index is 1.26. The van der Waals surface area contributed by atoms with E-state index in [9.17, 15) is 4.79 Å². The van der Waals surface area contributed by atoms with Gasteiger partial charge in [-0.25, -0.2) is 4.98 Å². The molecule has 1 aliphatic rings. The molecule has 0 spiro atoms. The van der Waals surface area contributed by atoms with Crippen LogP contribution in [0.5, 0.6) is 0 Å². The summed E-state index contributed by atoms with van der Waals surface area (Å²) in [5, 5.41) is 20.6. The predicted octanol–water partition coefficient (Wildman–Crippen LogP) is 2.36. The van der Waals surface area contributed by atoms with Crippen LogP contribution in [0.15, 0.2) is 47.5 Å². The number of likely N-dealkylation sites (tertiary alicyclic amines) is 1. The highest BCUT2D eigenvalue weighted by Crippen LogP contribution is 2.22. The second-order valence-electron chi connectivity index (χ2n) is 6.83. The van der Waals surface area contributed by atoms with Gasteiger partial charge in [0.2, 0.25) is 0 Å². The van der Waals surface area contributed by atoms with Crippen molar-refractivity contribution in [3.63, 3.8) is 0 Å². The molecular formula is C19H18N8OS. The van der Waals surface area contributed by atoms with Crippen molar-refractivity contribution < 1.29 is 4.79 Å². The number of hydrogen-bond acceptors (Lipinski definition) is 8. The van der Waals surface area contributed by atoms with E-state index in [-0.39, 0.29) is 11.9 Å². The van der Waals surface area contributed by atoms with Crippen molar-refractivity contribution in [2.75, 3.05) is 18.4 Å². The smallest absolute Gasteiger partial charge is 0.274 e. The summed E-state index contributed by atoms with van der Waals surface area (Å²) < 4.78 is 1.76. The third kappa shape index (κ3) is 3.54. The largest absolute Gasteiger partial charge is 0.366 e. The summed E-state index contributed by atoms with van der Waals surface area (Å²) in [7, 11) is 0. The zero-order valence-electron chi connectivity index (χ0n) is 15.5. The Labute approximate surface area is 170 Å². The Morgan fingerprint density at radius 1 is 1.14 bits per heavy atom. The first-order chi connectivity index (χ1) is 14.3. The monoisotopic (exact) mass is 406 g/mol. The van der Waals surface area contributed by atoms with Gasteiger partial charge in [-0.15, -0.1) is 15.3 Å². The van der Waals surface area contributed by atoms with Crippen molar-refractivity contribution in [2.24, 2.45) is 0 Å². The number of carbonyl (C=O) groups is 1. The molecule has 0 aliphatic carbocycles. The van der Waals surface area contributed by atoms with Crippen LogP contribution in [0.4, 0.5) is 5.82 Å². The van der Waals surface area contributed by atoms with Gasteiger partial charge in [0.25, 0.3) is 5.91 Å². The van der Waals surface area contributed by atoms with Gasteiger partial charge in [0.05, 0.1) is 6.20 Å². The highest BCUT2D eigenvalue weighted by Gasteiger charge is 2.24. The molecule has 0 aromatic carbocycles. The number of rotatable bonds is 4. The normalized spacial score (nSPS) is 15.0. The van der Waals surface area contributed by atoms with E-state index < -0.39 is 0 Å². The van der Waals surface area contributed by atoms with Gasteiger partial charge >= 0.3 is 0 Å². The second kappa shape index (κ2) is 7.55. The minimum absolute atomic E-state index is 0.0685. The Morgan fingerprint density at radius 2 is 2.03 bits per heavy atom. The fourth-order valence-electron chi connectivity index (χ4n) is 3.45. The van der Waals surface area contributed by atoms with E-state index in [4.69, 9.17) is 0 Å². The van der Waals surface area contributed by atoms with Crippen molar-refractivity contribution in [2.45, 2.75) is 18.9 Å². The lowest BCUT2D eigenvalue weighted by atomic mass is 10.0. The zero-order valence-corrected chi connectivity index (χ0v) is 16.3. The highest BCUT2D eigenvalue weighted by molar-refractivity contribution is 7.08. The quantitative estimate of drug-likeness (QED) is 0.555. The van der Waals surface area contributed by atoms with Crippen molar-refractivity contribution in [3.8, 4) is 11.4 Å². The van der Waals surface area contributed by atoms with Crippen molar-refractivity contribution in [1.29, 1.82) is 0 Å². The van der Waals surface area contributed by atoms with Crippen LogP contribution in [0.2, 0.25) is 0 Å². The number of fused-ring (bicyclic) bond motifs is 1. The SMILES string of the molecule is O=C(c1cnccn1)N1CCC(Nc2ccc3nnc(-c4ccsc4)n3n2)CC1. The summed E-state index contributed by atoms with van der Waals surface area (Å²) >= 11 is 1.61. The predicted molar refractivity (Wildman–Crippen MR) is 109 cm³/mol. The lowest BCUT2D eigenvalue weighted by molar-refractivity contribution is 0.0712. The van der Waals surface area contributed by atoms with E-state index in [1.54, 1.807) is 28.2 Å². The number of amides is 1. The van der Waals surface area contributed by atoms with E-state index in [1.807, 2.05) is 33.9 Å². The van der Waals surface area contributed by atoms with E-state index in [2.05, 4.69) is 30.6 Å². The summed E-state index contributed by atoms with van der Waals surface area (Å²) in [6.45, 7) is 1.34. The molecule has 29 heavy (non-hydrogen) atoms. The van der Waals surface area contributed by atoms with E-state index >= 15 is 0 Å². The Kier molecular flexibility index (Phi) is 4.60. The van der Waals surface area contributed by atoms with Crippen LogP contribution in [0.3, 0.4) is 0 Å². The van der Waals surface area contributed by atoms with Gasteiger partial charge in [0.15, 0.2) is 11.5 Å². The topological polar surface area (TPSA) is 101 Å². The van der Waals surface area contributed by atoms with Crippen LogP contribution in [0, 0.1) is 0 Å². The van der Waals surface area contributed by atoms with Crippen LogP contribution < -0.4 is 5.32 Å². The first-order valence-corrected chi connectivity index (χ1v) is 10.3. The molecule has 0 saturated carbocycles. The summed E-state index contributed by atoms with van der Waals surface area (Å²) in [4.78, 5) is 22.4. The molecule has 5 rings (SSSR count). The number of carbonyl (C=O) groups excluding carboxylic acids is 1. The van der Waals surface area contributed by atoms with Gasteiger partial charge in [-0.05, 0) is 36.4 Å². The number of nitrogens with zero attached hydrogens (tertiary/aromatic N) is 7. The number of thiophene rings is 1. The van der Waals surface area contributed by atoms with Gasteiger partial charge in [-0.2, -0.15) is 15.9 Å². The first kappa shape index (κ1) is 17.7. The average molecular weight is 406 g/mol. The van der Waals surface area contributed by atoms with Crippen molar-refractivity contribution >= 4 is 28.7 Å². The molecule has 0 radical (unpaired) electrons. The van der Waals surface area contributed by atoms with Gasteiger partial charge in [-0.3, -0.25) is 9.78 Å². The summed E-state index contributed by atoms with van der Waals surface area (Å²) in [5.74, 6) is 1.43. The van der Waals surface area contributed by atoms with E-state index in [0.717, 1.165) is 30.0 Å². The van der Waals surface area contributed by atoms with Crippen LogP contribution >= 0.6 is 11.3 Å². The number of anilines is 1. The Hall–Kier alpha value is -3.40. The highest BCUT2D eigenvalue weighted by atomic mass is 32.1. The third-order valence-electron chi connectivity index (χ3n) is 4.96. The summed E-state index contributed by atoms with van der Waals surface area (Å²) in [6, 6.07) is 6.07. The molecule has 1 N–H and O–H groups in total. The third-order valence-corrected chi connectivity index (χ3v) is 5.64. The molecule has 1 fully saturated rings. The minimum atomic E-state index is -0.0685. The molecule has 0 unspecified atom stereocenters. The van der Waals surface area contributed by atoms with E-state index in [1.165, 1.54) is 6.20 Å². The molecule has 0 bridgehead atoms. The van der Waals surface area contributed by atoms with Gasteiger partial charge in [-0.1, -0.05) is 0 Å². The average Bonchev–Trinajstić information content (AvgIpc) is 3.44. The molecule has 4 aromatic heterocycles. The zero-order chi connectivity index (χ0) is 19.6. The van der Waals surface area contributed by atoms with Crippen LogP contribution in [0.1, 0.15) is 23.3 Å². The second-order valence-corrected chi connectivity index (χ2v) is 7.61. The van der Waals surface area contributed by atoms with Crippen molar-refractivity contribution in [3.05, 3.63) is 53.2 Å². The molecule has 9 nitrogen and oxygen atoms in total. The summed E-state index contributed by atoms with van der Waals surface area (Å²) in [5.41, 5.74) is 2.10. The van der Waals surface area contributed by atoms with Crippen LogP contribution in [-0.4, -0.2) is 59.7 Å². The molecular weight excluding hydrogens is 388 g/mol. The van der Waals surface area contributed by atoms with Crippen molar-refractivity contribution in [1.82, 2.24) is 34.7 Å². The molecule has 1 aliphatic heterocycles. The van der Waals surface area contributed by atoms with Crippen LogP contribution in [0.25, 0.3) is 17.0 Å². The van der Waals surface area contributed by atoms with Gasteiger partial charge in [0, 0.05) is 42.5 Å². The fourth-order valence-corrected chi connectivity index (χ4v) is 4.08. The minimum Gasteiger partial charge on any atom is -0.366 e. The maximum atomic E-state index is 12.5. The number of piperidine rings is 1. The molecule has 146 valence electrons. The summed E-state index contributed by atoms with van der Waals surface area (Å²) in [6.07, 6.45) is 6.29. The standard InChI is InChI=1S/C19H18N8OS/c28-19(15-11-20-6-7-21-15)26-8-3-14(4-9-26)22-16-1-2-17-23-24-18(27(17)25-16)13-5-10-29-12-13/h1-2,5-7,10-12,14H,3-4,8-9H2,(H,22,25). The lowest BCUT2D eigenvalue weighted by Crippen LogP contribution is -2.42. The number of aromatic nitrogens is 6. The fraction of sp³-hybridized carbons (Fsp3) is 0.263. The molecule has 4 aromatic rings. The first-order valence-electron chi connectivity index (χ1n) is 9.35. The maximum Gasteiger partial charge on any atom is 0.274 e.